The molecule has 0 aliphatic carbocycles. The lowest BCUT2D eigenvalue weighted by Gasteiger charge is -2.34. The molecule has 0 saturated carbocycles. The van der Waals surface area contributed by atoms with Gasteiger partial charge in [0.2, 0.25) is 0 Å². The number of rotatable bonds is 10. The molecule has 0 radical (unpaired) electrons. The van der Waals surface area contributed by atoms with Crippen LogP contribution in [-0.2, 0) is 15.2 Å². The molecule has 2 rings (SSSR count). The SMILES string of the molecule is CN=C(NCCSCc1ccccc1F)N1CCC(OCCCOC)CC1. The molecule has 1 aromatic carbocycles. The van der Waals surface area contributed by atoms with E-state index in [-0.39, 0.29) is 5.82 Å². The number of methoxy groups -OCH3 is 1. The molecule has 1 saturated heterocycles. The zero-order valence-electron chi connectivity index (χ0n) is 16.5. The topological polar surface area (TPSA) is 46.1 Å². The van der Waals surface area contributed by atoms with E-state index >= 15 is 0 Å². The van der Waals surface area contributed by atoms with E-state index in [4.69, 9.17) is 9.47 Å². The molecular weight excluding hydrogens is 365 g/mol. The molecule has 152 valence electrons. The van der Waals surface area contributed by atoms with Crippen LogP contribution in [-0.4, -0.2) is 69.7 Å². The summed E-state index contributed by atoms with van der Waals surface area (Å²) in [5.41, 5.74) is 0.763. The zero-order chi connectivity index (χ0) is 19.3. The molecular formula is C20H32FN3O2S. The summed E-state index contributed by atoms with van der Waals surface area (Å²) in [6.07, 6.45) is 3.34. The second-order valence-electron chi connectivity index (χ2n) is 6.52. The number of likely N-dealkylation sites (tertiary alicyclic amines) is 1. The van der Waals surface area contributed by atoms with Gasteiger partial charge in [0.15, 0.2) is 5.96 Å². The van der Waals surface area contributed by atoms with Crippen molar-refractivity contribution in [3.63, 3.8) is 0 Å². The highest BCUT2D eigenvalue weighted by Crippen LogP contribution is 2.16. The minimum absolute atomic E-state index is 0.124. The first-order chi connectivity index (χ1) is 13.2. The van der Waals surface area contributed by atoms with Crippen LogP contribution >= 0.6 is 11.8 Å². The monoisotopic (exact) mass is 397 g/mol. The molecule has 1 aromatic rings. The van der Waals surface area contributed by atoms with E-state index in [9.17, 15) is 4.39 Å². The Balaban J connectivity index is 1.60. The average molecular weight is 398 g/mol. The largest absolute Gasteiger partial charge is 0.385 e. The molecule has 0 amide bonds. The molecule has 0 bridgehead atoms. The molecule has 1 heterocycles. The van der Waals surface area contributed by atoms with Crippen LogP contribution in [0.1, 0.15) is 24.8 Å². The number of ether oxygens (including phenoxy) is 2. The van der Waals surface area contributed by atoms with Gasteiger partial charge in [-0.05, 0) is 30.9 Å². The van der Waals surface area contributed by atoms with Crippen molar-refractivity contribution in [2.24, 2.45) is 4.99 Å². The predicted octanol–water partition coefficient (Wildman–Crippen LogP) is 3.15. The lowest BCUT2D eigenvalue weighted by Crippen LogP contribution is -2.47. The van der Waals surface area contributed by atoms with Crippen molar-refractivity contribution >= 4 is 17.7 Å². The van der Waals surface area contributed by atoms with Gasteiger partial charge in [-0.1, -0.05) is 18.2 Å². The first-order valence-corrected chi connectivity index (χ1v) is 10.8. The molecule has 1 aliphatic rings. The Kier molecular flexibility index (Phi) is 10.6. The summed E-state index contributed by atoms with van der Waals surface area (Å²) in [6.45, 7) is 4.25. The molecule has 7 heteroatoms. The standard InChI is InChI=1S/C20H32FN3O2S/c1-22-20(23-10-15-27-16-17-6-3-4-7-19(17)21)24-11-8-18(9-12-24)26-14-5-13-25-2/h3-4,6-7,18H,5,8-16H2,1-2H3,(H,22,23). The first kappa shape index (κ1) is 22.0. The first-order valence-electron chi connectivity index (χ1n) is 9.62. The summed E-state index contributed by atoms with van der Waals surface area (Å²) in [4.78, 5) is 6.69. The summed E-state index contributed by atoms with van der Waals surface area (Å²) in [6, 6.07) is 6.96. The van der Waals surface area contributed by atoms with Crippen LogP contribution in [0.25, 0.3) is 0 Å². The maximum atomic E-state index is 13.6. The number of piperidine rings is 1. The third-order valence-electron chi connectivity index (χ3n) is 4.54. The highest BCUT2D eigenvalue weighted by Gasteiger charge is 2.21. The van der Waals surface area contributed by atoms with E-state index in [1.165, 1.54) is 6.07 Å². The number of halogens is 1. The number of nitrogens with one attached hydrogen (secondary N) is 1. The van der Waals surface area contributed by atoms with Gasteiger partial charge >= 0.3 is 0 Å². The van der Waals surface area contributed by atoms with Gasteiger partial charge in [-0.25, -0.2) is 4.39 Å². The molecule has 27 heavy (non-hydrogen) atoms. The van der Waals surface area contributed by atoms with E-state index in [2.05, 4.69) is 15.2 Å². The molecule has 0 unspecified atom stereocenters. The van der Waals surface area contributed by atoms with Gasteiger partial charge in [0.1, 0.15) is 5.82 Å². The smallest absolute Gasteiger partial charge is 0.193 e. The Morgan fingerprint density at radius 1 is 1.30 bits per heavy atom. The fourth-order valence-corrected chi connectivity index (χ4v) is 3.90. The van der Waals surface area contributed by atoms with E-state index in [0.29, 0.717) is 11.9 Å². The number of thioether (sulfide) groups is 1. The van der Waals surface area contributed by atoms with Crippen LogP contribution in [0.4, 0.5) is 4.39 Å². The van der Waals surface area contributed by atoms with Gasteiger partial charge in [0.25, 0.3) is 0 Å². The van der Waals surface area contributed by atoms with Crippen molar-refractivity contribution in [1.29, 1.82) is 0 Å². The average Bonchev–Trinajstić information content (AvgIpc) is 2.70. The van der Waals surface area contributed by atoms with E-state index in [1.54, 1.807) is 24.9 Å². The second kappa shape index (κ2) is 13.0. The van der Waals surface area contributed by atoms with Crippen molar-refractivity contribution in [3.05, 3.63) is 35.6 Å². The third kappa shape index (κ3) is 8.07. The summed E-state index contributed by atoms with van der Waals surface area (Å²) in [5, 5.41) is 3.42. The number of benzene rings is 1. The lowest BCUT2D eigenvalue weighted by molar-refractivity contribution is 0.00993. The Morgan fingerprint density at radius 2 is 2.07 bits per heavy atom. The Hall–Kier alpha value is -1.31. The maximum absolute atomic E-state index is 13.6. The molecule has 1 aliphatic heterocycles. The molecule has 1 N–H and O–H groups in total. The van der Waals surface area contributed by atoms with Gasteiger partial charge in [-0.15, -0.1) is 0 Å². The van der Waals surface area contributed by atoms with E-state index in [1.807, 2.05) is 19.2 Å². The Morgan fingerprint density at radius 3 is 2.78 bits per heavy atom. The fourth-order valence-electron chi connectivity index (χ4n) is 3.05. The number of nitrogens with zero attached hydrogens (tertiary/aromatic N) is 2. The van der Waals surface area contributed by atoms with Gasteiger partial charge in [-0.2, -0.15) is 11.8 Å². The number of guanidine groups is 1. The summed E-state index contributed by atoms with van der Waals surface area (Å²) in [7, 11) is 3.54. The van der Waals surface area contributed by atoms with Crippen LogP contribution in [0.5, 0.6) is 0 Å². The highest BCUT2D eigenvalue weighted by molar-refractivity contribution is 7.98. The Labute approximate surface area is 166 Å². The van der Waals surface area contributed by atoms with Crippen molar-refractivity contribution in [1.82, 2.24) is 10.2 Å². The summed E-state index contributed by atoms with van der Waals surface area (Å²) >= 11 is 1.73. The van der Waals surface area contributed by atoms with E-state index < -0.39 is 0 Å². The predicted molar refractivity (Wildman–Crippen MR) is 111 cm³/mol. The van der Waals surface area contributed by atoms with Crippen LogP contribution in [0, 0.1) is 5.82 Å². The lowest BCUT2D eigenvalue weighted by atomic mass is 10.1. The minimum Gasteiger partial charge on any atom is -0.385 e. The third-order valence-corrected chi connectivity index (χ3v) is 5.55. The second-order valence-corrected chi connectivity index (χ2v) is 7.63. The Bertz CT molecular complexity index is 566. The van der Waals surface area contributed by atoms with Gasteiger partial charge in [-0.3, -0.25) is 4.99 Å². The summed E-state index contributed by atoms with van der Waals surface area (Å²) in [5.74, 6) is 2.42. The quantitative estimate of drug-likeness (QED) is 0.373. The molecule has 5 nitrogen and oxygen atoms in total. The van der Waals surface area contributed by atoms with Crippen LogP contribution < -0.4 is 5.32 Å². The number of hydrogen-bond donors (Lipinski definition) is 1. The number of hydrogen-bond acceptors (Lipinski definition) is 4. The van der Waals surface area contributed by atoms with Gasteiger partial charge < -0.3 is 19.7 Å². The van der Waals surface area contributed by atoms with Crippen LogP contribution in [0.15, 0.2) is 29.3 Å². The maximum Gasteiger partial charge on any atom is 0.193 e. The highest BCUT2D eigenvalue weighted by atomic mass is 32.2. The van der Waals surface area contributed by atoms with Crippen LogP contribution in [0.2, 0.25) is 0 Å². The van der Waals surface area contributed by atoms with Crippen molar-refractivity contribution in [2.45, 2.75) is 31.1 Å². The molecule has 1 fully saturated rings. The zero-order valence-corrected chi connectivity index (χ0v) is 17.3. The fraction of sp³-hybridized carbons (Fsp3) is 0.650. The van der Waals surface area contributed by atoms with Crippen molar-refractivity contribution in [2.75, 3.05) is 52.8 Å². The van der Waals surface area contributed by atoms with Crippen LogP contribution in [0.3, 0.4) is 0 Å². The normalized spacial score (nSPS) is 16.0. The number of aliphatic imine (C=N–C) groups is 1. The molecule has 0 atom stereocenters. The molecule has 0 aromatic heterocycles. The van der Waals surface area contributed by atoms with Crippen molar-refractivity contribution < 1.29 is 13.9 Å². The minimum atomic E-state index is -0.124. The van der Waals surface area contributed by atoms with Gasteiger partial charge in [0.05, 0.1) is 6.10 Å². The summed E-state index contributed by atoms with van der Waals surface area (Å²) < 4.78 is 24.6. The van der Waals surface area contributed by atoms with Crippen molar-refractivity contribution in [3.8, 4) is 0 Å². The molecule has 0 spiro atoms. The van der Waals surface area contributed by atoms with E-state index in [0.717, 1.165) is 69.4 Å². The van der Waals surface area contributed by atoms with Gasteiger partial charge in [0, 0.05) is 58.5 Å².